The van der Waals surface area contributed by atoms with Crippen LogP contribution in [0.4, 0.5) is 17.6 Å². The van der Waals surface area contributed by atoms with E-state index in [9.17, 15) is 22.4 Å². The summed E-state index contributed by atoms with van der Waals surface area (Å²) in [6.07, 6.45) is -8.17. The summed E-state index contributed by atoms with van der Waals surface area (Å²) in [5.41, 5.74) is -0.746. The van der Waals surface area contributed by atoms with Crippen molar-refractivity contribution in [2.75, 3.05) is 6.61 Å². The van der Waals surface area contributed by atoms with E-state index in [1.165, 1.54) is 0 Å². The highest BCUT2D eigenvalue weighted by atomic mass is 19.4. The lowest BCUT2D eigenvalue weighted by Crippen LogP contribution is -2.29. The second kappa shape index (κ2) is 5.50. The van der Waals surface area contributed by atoms with Gasteiger partial charge in [-0.3, -0.25) is 4.79 Å². The number of hydrogen-bond acceptors (Lipinski definition) is 2. The molecule has 0 saturated heterocycles. The van der Waals surface area contributed by atoms with Crippen molar-refractivity contribution in [1.29, 1.82) is 0 Å². The van der Waals surface area contributed by atoms with Gasteiger partial charge in [-0.05, 0) is 20.3 Å². The van der Waals surface area contributed by atoms with Gasteiger partial charge in [-0.2, -0.15) is 13.2 Å². The molecule has 0 aromatic rings. The minimum atomic E-state index is -4.88. The Bertz CT molecular complexity index is 235. The van der Waals surface area contributed by atoms with Crippen molar-refractivity contribution in [2.45, 2.75) is 46.0 Å². The minimum absolute atomic E-state index is 0.504. The standard InChI is InChI=1S/C10H16F4O2/c1-4-9(2,3)8(15)16-6-5-7(11)10(12,13)14/h7H,4-6H2,1-3H3. The van der Waals surface area contributed by atoms with Crippen LogP contribution in [0.25, 0.3) is 0 Å². The van der Waals surface area contributed by atoms with Gasteiger partial charge < -0.3 is 4.74 Å². The first-order valence-corrected chi connectivity index (χ1v) is 4.99. The summed E-state index contributed by atoms with van der Waals surface area (Å²) in [5, 5.41) is 0. The van der Waals surface area contributed by atoms with Gasteiger partial charge in [0.1, 0.15) is 0 Å². The summed E-state index contributed by atoms with van der Waals surface area (Å²) in [7, 11) is 0. The van der Waals surface area contributed by atoms with Crippen LogP contribution < -0.4 is 0 Å². The van der Waals surface area contributed by atoms with Gasteiger partial charge in [-0.15, -0.1) is 0 Å². The first-order valence-electron chi connectivity index (χ1n) is 4.99. The molecule has 2 nitrogen and oxygen atoms in total. The minimum Gasteiger partial charge on any atom is -0.465 e. The monoisotopic (exact) mass is 244 g/mol. The van der Waals surface area contributed by atoms with E-state index in [0.29, 0.717) is 6.42 Å². The zero-order valence-electron chi connectivity index (χ0n) is 9.53. The second-order valence-electron chi connectivity index (χ2n) is 4.17. The van der Waals surface area contributed by atoms with E-state index in [1.807, 2.05) is 0 Å². The lowest BCUT2D eigenvalue weighted by Gasteiger charge is -2.20. The predicted molar refractivity (Wildman–Crippen MR) is 50.6 cm³/mol. The summed E-state index contributed by atoms with van der Waals surface area (Å²) in [4.78, 5) is 11.3. The first kappa shape index (κ1) is 15.2. The normalized spacial score (nSPS) is 14.7. The quantitative estimate of drug-likeness (QED) is 0.548. The second-order valence-corrected chi connectivity index (χ2v) is 4.17. The fraction of sp³-hybridized carbons (Fsp3) is 0.900. The van der Waals surface area contributed by atoms with Gasteiger partial charge in [0.25, 0.3) is 0 Å². The predicted octanol–water partition coefficient (Wildman–Crippen LogP) is 3.26. The van der Waals surface area contributed by atoms with E-state index in [-0.39, 0.29) is 0 Å². The Balaban J connectivity index is 3.97. The molecule has 0 rings (SSSR count). The lowest BCUT2D eigenvalue weighted by atomic mass is 9.91. The maximum absolute atomic E-state index is 12.4. The highest BCUT2D eigenvalue weighted by molar-refractivity contribution is 5.75. The van der Waals surface area contributed by atoms with Gasteiger partial charge in [0.15, 0.2) is 6.17 Å². The largest absolute Gasteiger partial charge is 0.465 e. The molecule has 1 unspecified atom stereocenters. The van der Waals surface area contributed by atoms with Gasteiger partial charge in [0.2, 0.25) is 0 Å². The molecule has 0 radical (unpaired) electrons. The molecule has 0 fully saturated rings. The van der Waals surface area contributed by atoms with Crippen LogP contribution >= 0.6 is 0 Å². The topological polar surface area (TPSA) is 26.3 Å². The Morgan fingerprint density at radius 2 is 1.81 bits per heavy atom. The molecule has 0 saturated carbocycles. The van der Waals surface area contributed by atoms with E-state index in [4.69, 9.17) is 0 Å². The highest BCUT2D eigenvalue weighted by Crippen LogP contribution is 2.26. The number of rotatable bonds is 5. The molecule has 0 bridgehead atoms. The van der Waals surface area contributed by atoms with Crippen molar-refractivity contribution in [1.82, 2.24) is 0 Å². The van der Waals surface area contributed by atoms with E-state index in [0.717, 1.165) is 0 Å². The SMILES string of the molecule is CCC(C)(C)C(=O)OCCC(F)C(F)(F)F. The van der Waals surface area contributed by atoms with Crippen molar-refractivity contribution < 1.29 is 27.1 Å². The summed E-state index contributed by atoms with van der Waals surface area (Å²) in [6, 6.07) is 0. The van der Waals surface area contributed by atoms with Crippen LogP contribution in [-0.2, 0) is 9.53 Å². The maximum Gasteiger partial charge on any atom is 0.419 e. The molecule has 0 amide bonds. The van der Waals surface area contributed by atoms with Crippen LogP contribution in [0.1, 0.15) is 33.6 Å². The number of carbonyl (C=O) groups is 1. The number of carbonyl (C=O) groups excluding carboxylic acids is 1. The molecule has 0 aliphatic rings. The Morgan fingerprint density at radius 1 is 1.31 bits per heavy atom. The fourth-order valence-corrected chi connectivity index (χ4v) is 0.758. The highest BCUT2D eigenvalue weighted by Gasteiger charge is 2.40. The summed E-state index contributed by atoms with van der Waals surface area (Å²) >= 11 is 0. The molecule has 0 N–H and O–H groups in total. The molecule has 0 spiro atoms. The zero-order valence-corrected chi connectivity index (χ0v) is 9.53. The number of esters is 1. The summed E-state index contributed by atoms with van der Waals surface area (Å²) in [5.74, 6) is -0.607. The third-order valence-corrected chi connectivity index (χ3v) is 2.40. The molecule has 0 aromatic heterocycles. The van der Waals surface area contributed by atoms with Crippen molar-refractivity contribution in [3.05, 3.63) is 0 Å². The molecule has 6 heteroatoms. The third kappa shape index (κ3) is 4.81. The molecule has 1 atom stereocenters. The van der Waals surface area contributed by atoms with Crippen molar-refractivity contribution in [3.8, 4) is 0 Å². The van der Waals surface area contributed by atoms with Gasteiger partial charge >= 0.3 is 12.1 Å². The Kier molecular flexibility index (Phi) is 5.22. The molecule has 16 heavy (non-hydrogen) atoms. The van der Waals surface area contributed by atoms with Gasteiger partial charge in [-0.25, -0.2) is 4.39 Å². The van der Waals surface area contributed by atoms with E-state index in [1.54, 1.807) is 20.8 Å². The maximum atomic E-state index is 12.4. The fourth-order valence-electron chi connectivity index (χ4n) is 0.758. The molecule has 96 valence electrons. The molecular weight excluding hydrogens is 228 g/mol. The number of halogens is 4. The van der Waals surface area contributed by atoms with Gasteiger partial charge in [-0.1, -0.05) is 6.92 Å². The summed E-state index contributed by atoms with van der Waals surface area (Å²) in [6.45, 7) is 4.44. The first-order chi connectivity index (χ1) is 7.11. The van der Waals surface area contributed by atoms with Crippen LogP contribution in [0, 0.1) is 5.41 Å². The number of ether oxygens (including phenoxy) is 1. The average Bonchev–Trinajstić information content (AvgIpc) is 2.15. The third-order valence-electron chi connectivity index (χ3n) is 2.40. The van der Waals surface area contributed by atoms with Crippen LogP contribution in [0.5, 0.6) is 0 Å². The average molecular weight is 244 g/mol. The Hall–Kier alpha value is -0.810. The number of alkyl halides is 4. The van der Waals surface area contributed by atoms with Crippen molar-refractivity contribution in [3.63, 3.8) is 0 Å². The molecular formula is C10H16F4O2. The van der Waals surface area contributed by atoms with E-state index < -0.39 is 36.8 Å². The molecule has 0 aromatic carbocycles. The van der Waals surface area contributed by atoms with Crippen LogP contribution in [0.15, 0.2) is 0 Å². The zero-order chi connectivity index (χ0) is 13.0. The molecule has 0 aliphatic carbocycles. The van der Waals surface area contributed by atoms with Gasteiger partial charge in [0.05, 0.1) is 12.0 Å². The van der Waals surface area contributed by atoms with Crippen molar-refractivity contribution >= 4 is 5.97 Å². The van der Waals surface area contributed by atoms with Crippen LogP contribution in [-0.4, -0.2) is 24.9 Å². The Labute approximate surface area is 92.0 Å². The van der Waals surface area contributed by atoms with Crippen LogP contribution in [0.2, 0.25) is 0 Å². The van der Waals surface area contributed by atoms with Crippen molar-refractivity contribution in [2.24, 2.45) is 5.41 Å². The van der Waals surface area contributed by atoms with Crippen LogP contribution in [0.3, 0.4) is 0 Å². The van der Waals surface area contributed by atoms with E-state index in [2.05, 4.69) is 4.74 Å². The van der Waals surface area contributed by atoms with Gasteiger partial charge in [0, 0.05) is 6.42 Å². The molecule has 0 heterocycles. The Morgan fingerprint density at radius 3 is 2.19 bits per heavy atom. The molecule has 0 aliphatic heterocycles. The lowest BCUT2D eigenvalue weighted by molar-refractivity contribution is -0.186. The number of hydrogen-bond donors (Lipinski definition) is 0. The smallest absolute Gasteiger partial charge is 0.419 e. The van der Waals surface area contributed by atoms with E-state index >= 15 is 0 Å². The summed E-state index contributed by atoms with van der Waals surface area (Å²) < 4.78 is 52.3.